The van der Waals surface area contributed by atoms with Crippen molar-refractivity contribution < 1.29 is 22.8 Å². The lowest BCUT2D eigenvalue weighted by Crippen LogP contribution is -2.21. The van der Waals surface area contributed by atoms with Gasteiger partial charge in [-0.05, 0) is 17.7 Å². The molecule has 0 aliphatic carbocycles. The zero-order chi connectivity index (χ0) is 22.9. The Labute approximate surface area is 179 Å². The van der Waals surface area contributed by atoms with Crippen molar-refractivity contribution in [3.8, 4) is 0 Å². The number of nitrogens with one attached hydrogen (secondary N) is 4. The van der Waals surface area contributed by atoms with E-state index in [1.165, 1.54) is 19.4 Å². The van der Waals surface area contributed by atoms with E-state index in [0.717, 1.165) is 11.6 Å². The summed E-state index contributed by atoms with van der Waals surface area (Å²) in [5, 5.41) is 10.5. The number of halogens is 3. The van der Waals surface area contributed by atoms with Crippen LogP contribution in [0.15, 0.2) is 42.9 Å². The molecule has 32 heavy (non-hydrogen) atoms. The van der Waals surface area contributed by atoms with Gasteiger partial charge in [0.1, 0.15) is 5.82 Å². The molecule has 3 heterocycles. The van der Waals surface area contributed by atoms with Gasteiger partial charge in [-0.25, -0.2) is 15.0 Å². The average Bonchev–Trinajstić information content (AvgIpc) is 3.12. The molecule has 164 valence electrons. The van der Waals surface area contributed by atoms with Crippen LogP contribution in [0.25, 0.3) is 0 Å². The Hall–Kier alpha value is -4.22. The molecule has 1 aliphatic rings. The predicted octanol–water partition coefficient (Wildman–Crippen LogP) is 3.23. The fourth-order valence-corrected chi connectivity index (χ4v) is 3.13. The van der Waals surface area contributed by atoms with E-state index in [9.17, 15) is 22.8 Å². The van der Waals surface area contributed by atoms with Crippen LogP contribution in [-0.2, 0) is 17.4 Å². The van der Waals surface area contributed by atoms with E-state index in [2.05, 4.69) is 36.2 Å². The Morgan fingerprint density at radius 3 is 2.62 bits per heavy atom. The smallest absolute Gasteiger partial charge is 0.354 e. The fraction of sp³-hybridized carbons (Fsp3) is 0.150. The fourth-order valence-electron chi connectivity index (χ4n) is 3.13. The first-order valence-corrected chi connectivity index (χ1v) is 9.32. The summed E-state index contributed by atoms with van der Waals surface area (Å²) in [5.74, 6) is -0.779. The molecule has 0 fully saturated rings. The Bertz CT molecular complexity index is 1210. The van der Waals surface area contributed by atoms with Crippen molar-refractivity contribution in [1.82, 2.24) is 20.3 Å². The van der Waals surface area contributed by atoms with Gasteiger partial charge in [0.15, 0.2) is 11.5 Å². The van der Waals surface area contributed by atoms with E-state index in [0.29, 0.717) is 17.6 Å². The Balaban J connectivity index is 1.68. The van der Waals surface area contributed by atoms with E-state index >= 15 is 0 Å². The molecule has 0 saturated carbocycles. The third-order valence-electron chi connectivity index (χ3n) is 4.61. The molecule has 9 nitrogen and oxygen atoms in total. The number of pyridine rings is 1. The summed E-state index contributed by atoms with van der Waals surface area (Å²) in [6.07, 6.45) is -1.25. The number of nitrogens with zero attached hydrogens (tertiary/aromatic N) is 3. The first-order valence-electron chi connectivity index (χ1n) is 9.32. The lowest BCUT2D eigenvalue weighted by molar-refractivity contribution is -0.137. The molecule has 2 aromatic heterocycles. The van der Waals surface area contributed by atoms with Crippen LogP contribution in [0.2, 0.25) is 0 Å². The van der Waals surface area contributed by atoms with Crippen molar-refractivity contribution in [2.24, 2.45) is 0 Å². The number of benzene rings is 1. The third-order valence-corrected chi connectivity index (χ3v) is 4.61. The highest BCUT2D eigenvalue weighted by Gasteiger charge is 2.35. The zero-order valence-electron chi connectivity index (χ0n) is 16.5. The first-order chi connectivity index (χ1) is 15.2. The molecule has 2 amide bonds. The largest absolute Gasteiger partial charge is 0.419 e. The van der Waals surface area contributed by atoms with Crippen molar-refractivity contribution in [2.45, 2.75) is 12.6 Å². The number of hydrogen-bond donors (Lipinski definition) is 4. The van der Waals surface area contributed by atoms with Gasteiger partial charge in [-0.15, -0.1) is 0 Å². The minimum Gasteiger partial charge on any atom is -0.354 e. The van der Waals surface area contributed by atoms with Gasteiger partial charge in [-0.2, -0.15) is 13.2 Å². The molecule has 3 aromatic rings. The van der Waals surface area contributed by atoms with Crippen LogP contribution in [0.3, 0.4) is 0 Å². The number of hydrogen-bond acceptors (Lipinski definition) is 7. The van der Waals surface area contributed by atoms with Crippen molar-refractivity contribution in [2.75, 3.05) is 23.0 Å². The average molecular weight is 443 g/mol. The van der Waals surface area contributed by atoms with Crippen molar-refractivity contribution in [1.29, 1.82) is 0 Å². The number of anilines is 5. The second-order valence-corrected chi connectivity index (χ2v) is 6.79. The van der Waals surface area contributed by atoms with Crippen molar-refractivity contribution in [3.63, 3.8) is 0 Å². The molecule has 1 aliphatic heterocycles. The monoisotopic (exact) mass is 443 g/mol. The van der Waals surface area contributed by atoms with Gasteiger partial charge in [0.25, 0.3) is 5.91 Å². The first kappa shape index (κ1) is 21.0. The van der Waals surface area contributed by atoms with Crippen LogP contribution in [0, 0.1) is 0 Å². The normalized spacial score (nSPS) is 12.7. The summed E-state index contributed by atoms with van der Waals surface area (Å²) >= 11 is 0. The summed E-state index contributed by atoms with van der Waals surface area (Å²) in [7, 11) is 1.37. The summed E-state index contributed by atoms with van der Waals surface area (Å²) in [6, 6.07) is 6.25. The van der Waals surface area contributed by atoms with E-state index < -0.39 is 17.6 Å². The topological polar surface area (TPSA) is 121 Å². The number of carbonyl (C=O) groups excluding carboxylic acids is 2. The molecule has 4 N–H and O–H groups in total. The van der Waals surface area contributed by atoms with E-state index in [4.69, 9.17) is 0 Å². The number of amides is 2. The molecule has 0 saturated heterocycles. The number of alkyl halides is 3. The van der Waals surface area contributed by atoms with Crippen molar-refractivity contribution in [3.05, 3.63) is 59.7 Å². The SMILES string of the molecule is CNC(=O)c1nccnc1Nc1cc(Nc2ccc3c(c2)NC(=O)C3)ncc1C(F)(F)F. The molecule has 0 radical (unpaired) electrons. The van der Waals surface area contributed by atoms with Crippen LogP contribution in [0.1, 0.15) is 21.6 Å². The minimum absolute atomic E-state index is 0.107. The highest BCUT2D eigenvalue weighted by atomic mass is 19.4. The molecular weight excluding hydrogens is 427 g/mol. The molecule has 4 rings (SSSR count). The van der Waals surface area contributed by atoms with Gasteiger partial charge in [0.05, 0.1) is 17.7 Å². The maximum atomic E-state index is 13.6. The van der Waals surface area contributed by atoms with Gasteiger partial charge >= 0.3 is 6.18 Å². The lowest BCUT2D eigenvalue weighted by atomic mass is 10.1. The third kappa shape index (κ3) is 4.29. The highest BCUT2D eigenvalue weighted by Crippen LogP contribution is 2.37. The quantitative estimate of drug-likeness (QED) is 0.478. The Morgan fingerprint density at radius 1 is 1.09 bits per heavy atom. The molecule has 0 bridgehead atoms. The van der Waals surface area contributed by atoms with Gasteiger partial charge in [-0.3, -0.25) is 9.59 Å². The molecule has 0 spiro atoms. The lowest BCUT2D eigenvalue weighted by Gasteiger charge is -2.16. The van der Waals surface area contributed by atoms with E-state index in [1.54, 1.807) is 18.2 Å². The summed E-state index contributed by atoms with van der Waals surface area (Å²) in [5.41, 5.74) is 0.402. The van der Waals surface area contributed by atoms with Crippen LogP contribution < -0.4 is 21.3 Å². The highest BCUT2D eigenvalue weighted by molar-refractivity contribution is 6.00. The van der Waals surface area contributed by atoms with Crippen LogP contribution in [0.5, 0.6) is 0 Å². The van der Waals surface area contributed by atoms with Gasteiger partial charge < -0.3 is 21.3 Å². The summed E-state index contributed by atoms with van der Waals surface area (Å²) < 4.78 is 40.7. The minimum atomic E-state index is -4.71. The molecule has 1 aromatic carbocycles. The standard InChI is InChI=1S/C20H16F3N7O2/c1-24-19(32)17-18(26-5-4-25-17)30-14-8-15(27-9-12(14)20(21,22)23)28-11-3-2-10-6-16(31)29-13(10)7-11/h2-5,7-9H,6H2,1H3,(H,24,32)(H,29,31)(H2,26,27,28,30). The number of rotatable bonds is 5. The molecule has 0 unspecified atom stereocenters. The van der Waals surface area contributed by atoms with Gasteiger partial charge in [-0.1, -0.05) is 6.07 Å². The van der Waals surface area contributed by atoms with Crippen LogP contribution in [0.4, 0.5) is 41.9 Å². The van der Waals surface area contributed by atoms with Crippen LogP contribution >= 0.6 is 0 Å². The van der Waals surface area contributed by atoms with Gasteiger partial charge in [0.2, 0.25) is 5.91 Å². The Kier molecular flexibility index (Phi) is 5.34. The maximum absolute atomic E-state index is 13.6. The molecule has 12 heteroatoms. The van der Waals surface area contributed by atoms with Crippen molar-refractivity contribution >= 4 is 40.5 Å². The predicted molar refractivity (Wildman–Crippen MR) is 110 cm³/mol. The second-order valence-electron chi connectivity index (χ2n) is 6.79. The second kappa shape index (κ2) is 8.13. The van der Waals surface area contributed by atoms with E-state index in [-0.39, 0.29) is 35.3 Å². The zero-order valence-corrected chi connectivity index (χ0v) is 16.5. The Morgan fingerprint density at radius 2 is 1.88 bits per heavy atom. The molecular formula is C20H16F3N7O2. The summed E-state index contributed by atoms with van der Waals surface area (Å²) in [6.45, 7) is 0. The number of aromatic nitrogens is 3. The maximum Gasteiger partial charge on any atom is 0.419 e. The number of fused-ring (bicyclic) bond motifs is 1. The van der Waals surface area contributed by atoms with Crippen LogP contribution in [-0.4, -0.2) is 33.8 Å². The van der Waals surface area contributed by atoms with Gasteiger partial charge in [0, 0.05) is 43.1 Å². The van der Waals surface area contributed by atoms with E-state index in [1.807, 2.05) is 0 Å². The summed E-state index contributed by atoms with van der Waals surface area (Å²) in [4.78, 5) is 35.2. The number of carbonyl (C=O) groups is 2. The molecule has 0 atom stereocenters.